The number of amides is 3. The first kappa shape index (κ1) is 19.1. The van der Waals surface area contributed by atoms with E-state index in [9.17, 15) is 9.59 Å². The number of nitrogens with one attached hydrogen (secondary N) is 2. The number of rotatable bonds is 6. The SMILES string of the molecule is CCOc1cc(/C=C2/NC(=O)NC2=O)cc(Cl)c1OCc1ccc(Cl)cc1. The largest absolute Gasteiger partial charge is 0.490 e. The van der Waals surface area contributed by atoms with Crippen LogP contribution in [0.2, 0.25) is 10.0 Å². The number of urea groups is 1. The first-order chi connectivity index (χ1) is 13.0. The zero-order valence-corrected chi connectivity index (χ0v) is 15.9. The maximum absolute atomic E-state index is 11.7. The molecule has 2 aromatic rings. The second kappa shape index (κ2) is 8.33. The Bertz CT molecular complexity index is 911. The number of carbonyl (C=O) groups excluding carboxylic acids is 2. The molecule has 0 unspecified atom stereocenters. The molecule has 27 heavy (non-hydrogen) atoms. The summed E-state index contributed by atoms with van der Waals surface area (Å²) in [5.74, 6) is 0.336. The van der Waals surface area contributed by atoms with Crippen LogP contribution in [-0.4, -0.2) is 18.5 Å². The molecule has 140 valence electrons. The Kier molecular flexibility index (Phi) is 5.88. The summed E-state index contributed by atoms with van der Waals surface area (Å²) in [5, 5.41) is 5.54. The zero-order valence-electron chi connectivity index (χ0n) is 14.3. The number of carbonyl (C=O) groups is 2. The Morgan fingerprint density at radius 3 is 2.41 bits per heavy atom. The Labute approximate surface area is 166 Å². The van der Waals surface area contributed by atoms with Crippen LogP contribution in [0.25, 0.3) is 6.08 Å². The molecule has 0 atom stereocenters. The molecule has 8 heteroatoms. The van der Waals surface area contributed by atoms with Crippen molar-refractivity contribution < 1.29 is 19.1 Å². The fraction of sp³-hybridized carbons (Fsp3) is 0.158. The van der Waals surface area contributed by atoms with Gasteiger partial charge in [-0.25, -0.2) is 4.79 Å². The molecule has 0 saturated carbocycles. The van der Waals surface area contributed by atoms with E-state index in [0.29, 0.717) is 33.7 Å². The summed E-state index contributed by atoms with van der Waals surface area (Å²) in [6.07, 6.45) is 1.51. The zero-order chi connectivity index (χ0) is 19.4. The van der Waals surface area contributed by atoms with Crippen molar-refractivity contribution in [2.45, 2.75) is 13.5 Å². The third-order valence-corrected chi connectivity index (χ3v) is 4.19. The van der Waals surface area contributed by atoms with Crippen LogP contribution in [0.15, 0.2) is 42.1 Å². The third kappa shape index (κ3) is 4.72. The molecule has 6 nitrogen and oxygen atoms in total. The topological polar surface area (TPSA) is 76.7 Å². The first-order valence-electron chi connectivity index (χ1n) is 8.14. The van der Waals surface area contributed by atoms with Crippen molar-refractivity contribution in [3.63, 3.8) is 0 Å². The van der Waals surface area contributed by atoms with Gasteiger partial charge in [-0.15, -0.1) is 0 Å². The van der Waals surface area contributed by atoms with Crippen LogP contribution in [0.5, 0.6) is 11.5 Å². The summed E-state index contributed by atoms with van der Waals surface area (Å²) in [4.78, 5) is 22.9. The molecule has 0 radical (unpaired) electrons. The van der Waals surface area contributed by atoms with E-state index in [-0.39, 0.29) is 12.3 Å². The van der Waals surface area contributed by atoms with Gasteiger partial charge in [-0.05, 0) is 48.4 Å². The van der Waals surface area contributed by atoms with Crippen molar-refractivity contribution in [3.05, 3.63) is 63.3 Å². The van der Waals surface area contributed by atoms with Crippen molar-refractivity contribution in [3.8, 4) is 11.5 Å². The molecular formula is C19H16Cl2N2O4. The van der Waals surface area contributed by atoms with Gasteiger partial charge in [-0.1, -0.05) is 35.3 Å². The number of halogens is 2. The van der Waals surface area contributed by atoms with Gasteiger partial charge in [0.25, 0.3) is 5.91 Å². The third-order valence-electron chi connectivity index (χ3n) is 3.66. The molecular weight excluding hydrogens is 391 g/mol. The summed E-state index contributed by atoms with van der Waals surface area (Å²) in [6, 6.07) is 10.0. The van der Waals surface area contributed by atoms with Gasteiger partial charge in [-0.2, -0.15) is 0 Å². The highest BCUT2D eigenvalue weighted by atomic mass is 35.5. The molecule has 0 aliphatic carbocycles. The predicted molar refractivity (Wildman–Crippen MR) is 103 cm³/mol. The molecule has 2 N–H and O–H groups in total. The molecule has 3 rings (SSSR count). The lowest BCUT2D eigenvalue weighted by Gasteiger charge is -2.15. The predicted octanol–water partition coefficient (Wildman–Crippen LogP) is 4.15. The van der Waals surface area contributed by atoms with Gasteiger partial charge in [0.2, 0.25) is 0 Å². The average molecular weight is 407 g/mol. The van der Waals surface area contributed by atoms with Crippen LogP contribution >= 0.6 is 23.2 Å². The van der Waals surface area contributed by atoms with Gasteiger partial charge in [0.1, 0.15) is 12.3 Å². The van der Waals surface area contributed by atoms with E-state index in [1.54, 1.807) is 24.3 Å². The molecule has 0 bridgehead atoms. The fourth-order valence-electron chi connectivity index (χ4n) is 2.46. The second-order valence-electron chi connectivity index (χ2n) is 5.64. The molecule has 1 aliphatic heterocycles. The smallest absolute Gasteiger partial charge is 0.326 e. The van der Waals surface area contributed by atoms with Crippen LogP contribution in [0.3, 0.4) is 0 Å². The minimum absolute atomic E-state index is 0.133. The molecule has 1 heterocycles. The van der Waals surface area contributed by atoms with Crippen molar-refractivity contribution in [2.24, 2.45) is 0 Å². The number of imide groups is 1. The van der Waals surface area contributed by atoms with Gasteiger partial charge in [0, 0.05) is 5.02 Å². The highest BCUT2D eigenvalue weighted by molar-refractivity contribution is 6.32. The van der Waals surface area contributed by atoms with Gasteiger partial charge < -0.3 is 14.8 Å². The second-order valence-corrected chi connectivity index (χ2v) is 6.49. The average Bonchev–Trinajstić information content (AvgIpc) is 2.93. The Balaban J connectivity index is 1.85. The summed E-state index contributed by atoms with van der Waals surface area (Å²) < 4.78 is 11.5. The van der Waals surface area contributed by atoms with Gasteiger partial charge in [-0.3, -0.25) is 10.1 Å². The van der Waals surface area contributed by atoms with E-state index < -0.39 is 11.9 Å². The van der Waals surface area contributed by atoms with Gasteiger partial charge in [0.15, 0.2) is 11.5 Å². The molecule has 1 fully saturated rings. The minimum Gasteiger partial charge on any atom is -0.490 e. The van der Waals surface area contributed by atoms with Gasteiger partial charge >= 0.3 is 6.03 Å². The van der Waals surface area contributed by atoms with Crippen LogP contribution in [0.1, 0.15) is 18.1 Å². The lowest BCUT2D eigenvalue weighted by molar-refractivity contribution is -0.115. The first-order valence-corrected chi connectivity index (χ1v) is 8.89. The van der Waals surface area contributed by atoms with Crippen LogP contribution in [-0.2, 0) is 11.4 Å². The van der Waals surface area contributed by atoms with E-state index in [1.165, 1.54) is 6.08 Å². The molecule has 1 saturated heterocycles. The number of ether oxygens (including phenoxy) is 2. The van der Waals surface area contributed by atoms with E-state index in [1.807, 2.05) is 19.1 Å². The maximum atomic E-state index is 11.7. The van der Waals surface area contributed by atoms with Crippen LogP contribution in [0.4, 0.5) is 4.79 Å². The Morgan fingerprint density at radius 2 is 1.78 bits per heavy atom. The summed E-state index contributed by atoms with van der Waals surface area (Å²) in [6.45, 7) is 2.54. The summed E-state index contributed by atoms with van der Waals surface area (Å²) in [5.41, 5.74) is 1.65. The van der Waals surface area contributed by atoms with E-state index in [4.69, 9.17) is 32.7 Å². The van der Waals surface area contributed by atoms with Crippen LogP contribution < -0.4 is 20.1 Å². The highest BCUT2D eigenvalue weighted by Crippen LogP contribution is 2.38. The quantitative estimate of drug-likeness (QED) is 0.557. The summed E-state index contributed by atoms with van der Waals surface area (Å²) in [7, 11) is 0. The lowest BCUT2D eigenvalue weighted by Crippen LogP contribution is -2.22. The number of hydrogen-bond acceptors (Lipinski definition) is 4. The van der Waals surface area contributed by atoms with Crippen molar-refractivity contribution in [2.75, 3.05) is 6.61 Å². The molecule has 0 spiro atoms. The standard InChI is InChI=1S/C19H16Cl2N2O4/c1-2-26-16-9-12(8-15-18(24)23-19(25)22-15)7-14(21)17(16)27-10-11-3-5-13(20)6-4-11/h3-9H,2,10H2,1H3,(H2,22,23,24,25)/b15-8+. The molecule has 3 amide bonds. The van der Waals surface area contributed by atoms with E-state index >= 15 is 0 Å². The fourth-order valence-corrected chi connectivity index (χ4v) is 2.86. The molecule has 2 aromatic carbocycles. The molecule has 1 aliphatic rings. The maximum Gasteiger partial charge on any atom is 0.326 e. The monoisotopic (exact) mass is 406 g/mol. The van der Waals surface area contributed by atoms with Crippen LogP contribution in [0, 0.1) is 0 Å². The minimum atomic E-state index is -0.565. The Hall–Kier alpha value is -2.70. The van der Waals surface area contributed by atoms with E-state index in [2.05, 4.69) is 10.6 Å². The normalized spacial score (nSPS) is 14.9. The van der Waals surface area contributed by atoms with Crippen molar-refractivity contribution in [1.29, 1.82) is 0 Å². The Morgan fingerprint density at radius 1 is 1.04 bits per heavy atom. The number of benzene rings is 2. The van der Waals surface area contributed by atoms with Crippen molar-refractivity contribution in [1.82, 2.24) is 10.6 Å². The van der Waals surface area contributed by atoms with Gasteiger partial charge in [0.05, 0.1) is 11.6 Å². The number of hydrogen-bond donors (Lipinski definition) is 2. The van der Waals surface area contributed by atoms with Crippen molar-refractivity contribution >= 4 is 41.2 Å². The summed E-state index contributed by atoms with van der Waals surface area (Å²) >= 11 is 12.3. The highest BCUT2D eigenvalue weighted by Gasteiger charge is 2.23. The van der Waals surface area contributed by atoms with E-state index in [0.717, 1.165) is 5.56 Å². The molecule has 0 aromatic heterocycles. The lowest BCUT2D eigenvalue weighted by atomic mass is 10.1.